The van der Waals surface area contributed by atoms with E-state index in [1.54, 1.807) is 17.2 Å². The molecule has 2 amide bonds. The predicted molar refractivity (Wildman–Crippen MR) is 179 cm³/mol. The largest absolute Gasteiger partial charge is 0.475 e. The molecule has 1 atom stereocenters. The van der Waals surface area contributed by atoms with Crippen molar-refractivity contribution >= 4 is 23.4 Å². The number of amides is 2. The average molecular weight is 685 g/mol. The number of aromatic nitrogens is 2. The first-order valence-corrected chi connectivity index (χ1v) is 16.3. The van der Waals surface area contributed by atoms with Crippen LogP contribution in [-0.4, -0.2) is 103 Å². The number of nitrogens with zero attached hydrogens (tertiary/aromatic N) is 5. The average Bonchev–Trinajstić information content (AvgIpc) is 3.05. The second-order valence-corrected chi connectivity index (χ2v) is 13.2. The molecule has 5 rings (SSSR count). The van der Waals surface area contributed by atoms with Gasteiger partial charge in [-0.2, -0.15) is 13.2 Å². The molecule has 2 fully saturated rings. The van der Waals surface area contributed by atoms with Crippen LogP contribution in [0.3, 0.4) is 0 Å². The fourth-order valence-corrected chi connectivity index (χ4v) is 5.76. The Bertz CT molecular complexity index is 1640. The number of halogens is 3. The minimum Gasteiger partial charge on any atom is -0.475 e. The molecule has 0 aliphatic carbocycles. The van der Waals surface area contributed by atoms with E-state index in [4.69, 9.17) is 19.2 Å². The summed E-state index contributed by atoms with van der Waals surface area (Å²) in [5.74, 6) is -0.204. The van der Waals surface area contributed by atoms with Crippen molar-refractivity contribution in [2.75, 3.05) is 69.3 Å². The van der Waals surface area contributed by atoms with Gasteiger partial charge in [0.1, 0.15) is 17.9 Å². The fourth-order valence-electron chi connectivity index (χ4n) is 5.76. The number of hydrogen-bond donors (Lipinski definition) is 1. The van der Waals surface area contributed by atoms with Crippen LogP contribution in [0.1, 0.15) is 49.3 Å². The lowest BCUT2D eigenvalue weighted by atomic mass is 10.0. The molecule has 49 heavy (non-hydrogen) atoms. The Morgan fingerprint density at radius 2 is 1.78 bits per heavy atom. The molecule has 0 unspecified atom stereocenters. The molecule has 4 heterocycles. The summed E-state index contributed by atoms with van der Waals surface area (Å²) in [6.07, 6.45) is -1.72. The van der Waals surface area contributed by atoms with Crippen molar-refractivity contribution in [1.82, 2.24) is 19.8 Å². The molecular weight excluding hydrogens is 641 g/mol. The lowest BCUT2D eigenvalue weighted by molar-refractivity contribution is -0.137. The molecule has 1 N–H and O–H groups in total. The third-order valence-corrected chi connectivity index (χ3v) is 8.28. The third-order valence-electron chi connectivity index (χ3n) is 8.28. The van der Waals surface area contributed by atoms with Gasteiger partial charge in [-0.15, -0.1) is 0 Å². The third kappa shape index (κ3) is 9.38. The van der Waals surface area contributed by atoms with E-state index in [1.807, 2.05) is 40.7 Å². The minimum absolute atomic E-state index is 0.00707. The van der Waals surface area contributed by atoms with Crippen molar-refractivity contribution < 1.29 is 37.0 Å². The molecule has 0 saturated carbocycles. The molecule has 1 aromatic carbocycles. The number of carbonyl (C=O) groups is 2. The topological polar surface area (TPSA) is 109 Å². The van der Waals surface area contributed by atoms with Gasteiger partial charge < -0.3 is 29.3 Å². The van der Waals surface area contributed by atoms with E-state index in [1.165, 1.54) is 18.3 Å². The molecule has 0 bridgehead atoms. The number of piperazine rings is 1. The van der Waals surface area contributed by atoms with Crippen LogP contribution in [0.15, 0.2) is 48.8 Å². The van der Waals surface area contributed by atoms with E-state index in [9.17, 15) is 22.8 Å². The van der Waals surface area contributed by atoms with Crippen molar-refractivity contribution in [2.45, 2.75) is 52.4 Å². The zero-order valence-electron chi connectivity index (χ0n) is 28.5. The highest BCUT2D eigenvalue weighted by molar-refractivity contribution is 6.04. The first-order valence-electron chi connectivity index (χ1n) is 16.3. The molecule has 14 heteroatoms. The van der Waals surface area contributed by atoms with Gasteiger partial charge in [-0.05, 0) is 65.0 Å². The quantitative estimate of drug-likeness (QED) is 0.311. The van der Waals surface area contributed by atoms with Gasteiger partial charge in [0.15, 0.2) is 0 Å². The highest BCUT2D eigenvalue weighted by Crippen LogP contribution is 2.34. The number of anilines is 2. The van der Waals surface area contributed by atoms with Crippen LogP contribution < -0.4 is 15.0 Å². The second-order valence-electron chi connectivity index (χ2n) is 13.2. The molecule has 2 saturated heterocycles. The van der Waals surface area contributed by atoms with Gasteiger partial charge in [-0.1, -0.05) is 6.07 Å². The highest BCUT2D eigenvalue weighted by Gasteiger charge is 2.32. The zero-order valence-corrected chi connectivity index (χ0v) is 28.5. The monoisotopic (exact) mass is 684 g/mol. The number of pyridine rings is 2. The Kier molecular flexibility index (Phi) is 11.0. The van der Waals surface area contributed by atoms with Gasteiger partial charge in [-0.3, -0.25) is 14.7 Å². The molecule has 11 nitrogen and oxygen atoms in total. The Balaban J connectivity index is 1.28. The summed E-state index contributed by atoms with van der Waals surface area (Å²) in [6.45, 7) is 14.8. The van der Waals surface area contributed by atoms with E-state index in [2.05, 4.69) is 20.1 Å². The van der Waals surface area contributed by atoms with E-state index in [0.29, 0.717) is 81.9 Å². The Morgan fingerprint density at radius 3 is 2.47 bits per heavy atom. The summed E-state index contributed by atoms with van der Waals surface area (Å²) in [7, 11) is 0. The number of benzene rings is 1. The van der Waals surface area contributed by atoms with Crippen LogP contribution in [0, 0.1) is 6.92 Å². The standard InChI is InChI=1S/C35H43F3N6O5/c1-23-22-42(9-10-44(23)33(46)49-34(3,4)5)11-16-48-32-30(43-12-14-47-15-13-43)18-26(20-40-32)29-19-28(21-39-24(29)2)41-31(45)25-7-6-8-27(17-25)35(36,37)38/h6-8,17-21,23H,9-16,22H2,1-5H3,(H,41,45)/t23-/m0/s1. The number of nitrogens with one attached hydrogen (secondary N) is 1. The molecule has 0 radical (unpaired) electrons. The summed E-state index contributed by atoms with van der Waals surface area (Å²) in [6, 6.07) is 7.96. The number of morpholine rings is 1. The fraction of sp³-hybridized carbons (Fsp3) is 0.486. The van der Waals surface area contributed by atoms with Crippen LogP contribution in [0.25, 0.3) is 11.1 Å². The Hall–Kier alpha value is -4.43. The number of rotatable bonds is 8. The van der Waals surface area contributed by atoms with Crippen LogP contribution in [0.2, 0.25) is 0 Å². The van der Waals surface area contributed by atoms with Gasteiger partial charge >= 0.3 is 12.3 Å². The Labute approximate surface area is 284 Å². The van der Waals surface area contributed by atoms with Crippen molar-refractivity contribution in [3.8, 4) is 17.0 Å². The van der Waals surface area contributed by atoms with Crippen molar-refractivity contribution in [1.29, 1.82) is 0 Å². The van der Waals surface area contributed by atoms with E-state index >= 15 is 0 Å². The predicted octanol–water partition coefficient (Wildman–Crippen LogP) is 5.88. The second kappa shape index (κ2) is 15.0. The maximum Gasteiger partial charge on any atom is 0.416 e. The lowest BCUT2D eigenvalue weighted by Crippen LogP contribution is -2.55. The SMILES string of the molecule is Cc1ncc(NC(=O)c2cccc(C(F)(F)F)c2)cc1-c1cnc(OCCN2CCN(C(=O)OC(C)(C)C)[C@@H](C)C2)c(N2CCOCC2)c1. The summed E-state index contributed by atoms with van der Waals surface area (Å²) >= 11 is 0. The van der Waals surface area contributed by atoms with E-state index in [-0.39, 0.29) is 17.7 Å². The van der Waals surface area contributed by atoms with Gasteiger partial charge in [0.2, 0.25) is 5.88 Å². The summed E-state index contributed by atoms with van der Waals surface area (Å²) < 4.78 is 57.0. The smallest absolute Gasteiger partial charge is 0.416 e. The molecular formula is C35H43F3N6O5. The van der Waals surface area contributed by atoms with Gasteiger partial charge in [0.25, 0.3) is 5.91 Å². The molecule has 2 aromatic heterocycles. The van der Waals surface area contributed by atoms with Crippen molar-refractivity contribution in [3.05, 3.63) is 65.6 Å². The first kappa shape index (κ1) is 35.9. The first-order chi connectivity index (χ1) is 23.2. The zero-order chi connectivity index (χ0) is 35.3. The van der Waals surface area contributed by atoms with E-state index in [0.717, 1.165) is 23.4 Å². The molecule has 2 aliphatic heterocycles. The summed E-state index contributed by atoms with van der Waals surface area (Å²) in [5.41, 5.74) is 1.68. The normalized spacial score (nSPS) is 17.5. The van der Waals surface area contributed by atoms with Crippen molar-refractivity contribution in [3.63, 3.8) is 0 Å². The summed E-state index contributed by atoms with van der Waals surface area (Å²) in [5, 5.41) is 2.67. The number of aryl methyl sites for hydroxylation is 1. The van der Waals surface area contributed by atoms with Crippen LogP contribution in [0.4, 0.5) is 29.3 Å². The number of alkyl halides is 3. The van der Waals surface area contributed by atoms with Gasteiger partial charge in [-0.25, -0.2) is 9.78 Å². The van der Waals surface area contributed by atoms with Crippen molar-refractivity contribution in [2.24, 2.45) is 0 Å². The minimum atomic E-state index is -4.56. The summed E-state index contributed by atoms with van der Waals surface area (Å²) in [4.78, 5) is 40.8. The van der Waals surface area contributed by atoms with Gasteiger partial charge in [0.05, 0.1) is 30.7 Å². The Morgan fingerprint density at radius 1 is 1.02 bits per heavy atom. The molecule has 2 aliphatic rings. The highest BCUT2D eigenvalue weighted by atomic mass is 19.4. The number of hydrogen-bond acceptors (Lipinski definition) is 9. The number of carbonyl (C=O) groups excluding carboxylic acids is 2. The van der Waals surface area contributed by atoms with Crippen LogP contribution in [-0.2, 0) is 15.7 Å². The molecule has 3 aromatic rings. The van der Waals surface area contributed by atoms with Gasteiger partial charge in [0, 0.05) is 73.9 Å². The van der Waals surface area contributed by atoms with E-state index < -0.39 is 23.2 Å². The van der Waals surface area contributed by atoms with Crippen LogP contribution >= 0.6 is 0 Å². The number of ether oxygens (including phenoxy) is 3. The maximum atomic E-state index is 13.2. The van der Waals surface area contributed by atoms with Crippen LogP contribution in [0.5, 0.6) is 5.88 Å². The molecule has 0 spiro atoms. The maximum absolute atomic E-state index is 13.2. The molecule has 264 valence electrons. The lowest BCUT2D eigenvalue weighted by Gasteiger charge is -2.40.